The summed E-state index contributed by atoms with van der Waals surface area (Å²) in [5.74, 6) is -4.64. The van der Waals surface area contributed by atoms with Gasteiger partial charge in [-0.25, -0.2) is 14.0 Å². The molecule has 5 atom stereocenters. The van der Waals surface area contributed by atoms with E-state index in [2.05, 4.69) is 4.74 Å². The highest BCUT2D eigenvalue weighted by atomic mass is 19.1. The van der Waals surface area contributed by atoms with Crippen molar-refractivity contribution < 1.29 is 54.1 Å². The van der Waals surface area contributed by atoms with Gasteiger partial charge in [0.25, 0.3) is 0 Å². The maximum absolute atomic E-state index is 13.6. The maximum atomic E-state index is 13.6. The average Bonchev–Trinajstić information content (AvgIpc) is 2.43. The predicted octanol–water partition coefficient (Wildman–Crippen LogP) is -3.32. The summed E-state index contributed by atoms with van der Waals surface area (Å²) in [5, 5.41) is 54.4. The molecule has 1 fully saturated rings. The van der Waals surface area contributed by atoms with Gasteiger partial charge in [0.1, 0.15) is 31.0 Å². The number of hydrogen-bond donors (Lipinski definition) is 6. The van der Waals surface area contributed by atoms with Gasteiger partial charge in [0.05, 0.1) is 6.61 Å². The molecule has 0 spiro atoms. The first-order valence-electron chi connectivity index (χ1n) is 5.73. The van der Waals surface area contributed by atoms with Crippen LogP contribution in [-0.2, 0) is 19.1 Å². The highest BCUT2D eigenvalue weighted by Gasteiger charge is 2.51. The van der Waals surface area contributed by atoms with Crippen molar-refractivity contribution in [2.24, 2.45) is 0 Å². The van der Waals surface area contributed by atoms with Crippen LogP contribution >= 0.6 is 0 Å². The number of rotatable bonds is 6. The molecule has 10 nitrogen and oxygen atoms in total. The lowest BCUT2D eigenvalue weighted by Gasteiger charge is -2.39. The molecule has 0 aromatic rings. The Hall–Kier alpha value is -1.37. The largest absolute Gasteiger partial charge is 0.478 e. The van der Waals surface area contributed by atoms with Gasteiger partial charge in [0, 0.05) is 0 Å². The Kier molecular flexibility index (Phi) is 5.55. The number of carbonyl (C=O) groups is 2. The molecule has 0 bridgehead atoms. The SMILES string of the molecule is O=C(O)C(F)(COC1O[C@H](CO)[C@@H](O)[C@H](O)[C@H]1O)C(=O)O. The molecule has 0 aromatic heterocycles. The Balaban J connectivity index is 2.77. The first-order chi connectivity index (χ1) is 9.65. The molecule has 1 aliphatic heterocycles. The van der Waals surface area contributed by atoms with Gasteiger partial charge >= 0.3 is 17.6 Å². The van der Waals surface area contributed by atoms with Crippen molar-refractivity contribution >= 4 is 11.9 Å². The summed E-state index contributed by atoms with van der Waals surface area (Å²) in [6, 6.07) is 0. The maximum Gasteiger partial charge on any atom is 0.355 e. The molecule has 1 rings (SSSR count). The number of halogens is 1. The zero-order chi connectivity index (χ0) is 16.4. The topological polar surface area (TPSA) is 174 Å². The third kappa shape index (κ3) is 3.45. The zero-order valence-electron chi connectivity index (χ0n) is 10.5. The van der Waals surface area contributed by atoms with E-state index in [0.29, 0.717) is 0 Å². The molecule has 0 amide bonds. The van der Waals surface area contributed by atoms with Gasteiger partial charge in [-0.15, -0.1) is 0 Å². The molecule has 11 heteroatoms. The van der Waals surface area contributed by atoms with Crippen LogP contribution in [0.15, 0.2) is 0 Å². The van der Waals surface area contributed by atoms with Crippen molar-refractivity contribution in [3.63, 3.8) is 0 Å². The number of aliphatic hydroxyl groups is 4. The lowest BCUT2D eigenvalue weighted by atomic mass is 9.99. The lowest BCUT2D eigenvalue weighted by Crippen LogP contribution is -2.60. The molecule has 0 saturated carbocycles. The number of carboxylic acid groups (broad SMARTS) is 2. The number of hydrogen-bond acceptors (Lipinski definition) is 8. The van der Waals surface area contributed by atoms with E-state index in [1.54, 1.807) is 0 Å². The Bertz CT molecular complexity index is 385. The molecule has 6 N–H and O–H groups in total. The van der Waals surface area contributed by atoms with Crippen molar-refractivity contribution in [1.29, 1.82) is 0 Å². The second-order valence-electron chi connectivity index (χ2n) is 4.42. The highest BCUT2D eigenvalue weighted by molar-refractivity contribution is 6.01. The molecule has 1 aliphatic rings. The lowest BCUT2D eigenvalue weighted by molar-refractivity contribution is -0.305. The number of ether oxygens (including phenoxy) is 2. The molecular formula is C10H15FO10. The van der Waals surface area contributed by atoms with Crippen LogP contribution in [0.5, 0.6) is 0 Å². The van der Waals surface area contributed by atoms with E-state index in [1.807, 2.05) is 0 Å². The molecule has 21 heavy (non-hydrogen) atoms. The summed E-state index contributed by atoms with van der Waals surface area (Å²) in [4.78, 5) is 21.2. The van der Waals surface area contributed by atoms with Crippen molar-refractivity contribution in [2.75, 3.05) is 13.2 Å². The van der Waals surface area contributed by atoms with Gasteiger partial charge in [0.15, 0.2) is 6.29 Å². The molecule has 1 unspecified atom stereocenters. The van der Waals surface area contributed by atoms with Crippen molar-refractivity contribution in [3.05, 3.63) is 0 Å². The van der Waals surface area contributed by atoms with Crippen LogP contribution in [0.25, 0.3) is 0 Å². The van der Waals surface area contributed by atoms with Gasteiger partial charge in [-0.05, 0) is 0 Å². The third-order valence-corrected chi connectivity index (χ3v) is 2.97. The minimum Gasteiger partial charge on any atom is -0.478 e. The van der Waals surface area contributed by atoms with Crippen LogP contribution in [0.3, 0.4) is 0 Å². The van der Waals surface area contributed by atoms with Crippen LogP contribution in [-0.4, -0.2) is 92.2 Å². The molecule has 0 aromatic carbocycles. The fourth-order valence-electron chi connectivity index (χ4n) is 1.62. The van der Waals surface area contributed by atoms with Gasteiger partial charge in [-0.1, -0.05) is 0 Å². The van der Waals surface area contributed by atoms with E-state index in [1.165, 1.54) is 0 Å². The van der Waals surface area contributed by atoms with Gasteiger partial charge in [-0.2, -0.15) is 0 Å². The molecule has 1 saturated heterocycles. The minimum atomic E-state index is -3.78. The monoisotopic (exact) mass is 314 g/mol. The molecule has 1 heterocycles. The van der Waals surface area contributed by atoms with E-state index < -0.39 is 61.5 Å². The smallest absolute Gasteiger partial charge is 0.355 e. The summed E-state index contributed by atoms with van der Waals surface area (Å²) in [7, 11) is 0. The van der Waals surface area contributed by atoms with Crippen molar-refractivity contribution in [2.45, 2.75) is 36.4 Å². The quantitative estimate of drug-likeness (QED) is 0.272. The molecule has 0 aliphatic carbocycles. The average molecular weight is 314 g/mol. The first kappa shape index (κ1) is 17.7. The van der Waals surface area contributed by atoms with E-state index in [4.69, 9.17) is 20.1 Å². The van der Waals surface area contributed by atoms with E-state index >= 15 is 0 Å². The highest BCUT2D eigenvalue weighted by Crippen LogP contribution is 2.23. The van der Waals surface area contributed by atoms with E-state index in [0.717, 1.165) is 0 Å². The molecule has 122 valence electrons. The van der Waals surface area contributed by atoms with Crippen LogP contribution < -0.4 is 0 Å². The standard InChI is InChI=1S/C10H15FO10/c11-10(8(16)17,9(18)19)2-20-7-6(15)5(14)4(13)3(1-12)21-7/h3-7,12-15H,1-2H2,(H,16,17)(H,18,19)/t3-,4-,5+,6-,7?/m1/s1. The fourth-order valence-corrected chi connectivity index (χ4v) is 1.62. The van der Waals surface area contributed by atoms with Crippen molar-refractivity contribution in [3.8, 4) is 0 Å². The van der Waals surface area contributed by atoms with E-state index in [9.17, 15) is 29.3 Å². The second-order valence-corrected chi connectivity index (χ2v) is 4.42. The Labute approximate surface area is 116 Å². The van der Waals surface area contributed by atoms with Gasteiger partial charge < -0.3 is 40.1 Å². The number of aliphatic carboxylic acids is 2. The number of aliphatic hydroxyl groups excluding tert-OH is 4. The van der Waals surface area contributed by atoms with Crippen LogP contribution in [0.2, 0.25) is 0 Å². The number of carboxylic acids is 2. The molecular weight excluding hydrogens is 299 g/mol. The minimum absolute atomic E-state index is 0.774. The first-order valence-corrected chi connectivity index (χ1v) is 5.73. The van der Waals surface area contributed by atoms with Crippen LogP contribution in [0, 0.1) is 0 Å². The predicted molar refractivity (Wildman–Crippen MR) is 58.8 cm³/mol. The Morgan fingerprint density at radius 3 is 2.05 bits per heavy atom. The third-order valence-electron chi connectivity index (χ3n) is 2.97. The van der Waals surface area contributed by atoms with Crippen LogP contribution in [0.4, 0.5) is 4.39 Å². The van der Waals surface area contributed by atoms with Crippen molar-refractivity contribution in [1.82, 2.24) is 0 Å². The summed E-state index contributed by atoms with van der Waals surface area (Å²) >= 11 is 0. The second kappa shape index (κ2) is 6.60. The summed E-state index contributed by atoms with van der Waals surface area (Å²) in [6.45, 7) is -2.29. The number of alkyl halides is 1. The molecule has 0 radical (unpaired) electrons. The Morgan fingerprint density at radius 1 is 1.10 bits per heavy atom. The van der Waals surface area contributed by atoms with Crippen LogP contribution in [0.1, 0.15) is 0 Å². The summed E-state index contributed by atoms with van der Waals surface area (Å²) in [6.07, 6.45) is -8.57. The normalized spacial score (nSPS) is 33.7. The van der Waals surface area contributed by atoms with Gasteiger partial charge in [0.2, 0.25) is 0 Å². The van der Waals surface area contributed by atoms with E-state index in [-0.39, 0.29) is 0 Å². The summed E-state index contributed by atoms with van der Waals surface area (Å²) < 4.78 is 23.0. The van der Waals surface area contributed by atoms with Gasteiger partial charge in [-0.3, -0.25) is 0 Å². The summed E-state index contributed by atoms with van der Waals surface area (Å²) in [5.41, 5.74) is -3.78. The zero-order valence-corrected chi connectivity index (χ0v) is 10.5. The Morgan fingerprint density at radius 2 is 1.62 bits per heavy atom. The fraction of sp³-hybridized carbons (Fsp3) is 0.800.